The first kappa shape index (κ1) is 23.3. The fourth-order valence-corrected chi connectivity index (χ4v) is 1.71. The first-order valence-corrected chi connectivity index (χ1v) is 8.76. The molecule has 0 aliphatic rings. The van der Waals surface area contributed by atoms with E-state index < -0.39 is 0 Å². The monoisotopic (exact) mass is 350 g/mol. The van der Waals surface area contributed by atoms with E-state index in [1.54, 1.807) is 7.11 Å². The summed E-state index contributed by atoms with van der Waals surface area (Å²) in [5, 5.41) is 0. The van der Waals surface area contributed by atoms with Gasteiger partial charge in [-0.05, 0) is 6.42 Å². The van der Waals surface area contributed by atoms with E-state index in [1.165, 1.54) is 0 Å². The predicted octanol–water partition coefficient (Wildman–Crippen LogP) is 1.82. The molecule has 0 aliphatic heterocycles. The van der Waals surface area contributed by atoms with Crippen molar-refractivity contribution < 1.29 is 33.2 Å². The number of rotatable bonds is 19. The molecule has 0 saturated carbocycles. The van der Waals surface area contributed by atoms with Crippen LogP contribution in [0.5, 0.6) is 0 Å². The van der Waals surface area contributed by atoms with Crippen LogP contribution in [-0.2, 0) is 33.2 Å². The number of hydrogen-bond acceptors (Lipinski definition) is 7. The number of hydrogen-bond donors (Lipinski definition) is 0. The number of methoxy groups -OCH3 is 1. The van der Waals surface area contributed by atoms with Gasteiger partial charge in [-0.15, -0.1) is 0 Å². The Kier molecular flexibility index (Phi) is 19.7. The van der Waals surface area contributed by atoms with Crippen LogP contribution < -0.4 is 0 Å². The van der Waals surface area contributed by atoms with E-state index in [-0.39, 0.29) is 5.97 Å². The van der Waals surface area contributed by atoms with Gasteiger partial charge in [0.25, 0.3) is 0 Å². The molecule has 0 heterocycles. The summed E-state index contributed by atoms with van der Waals surface area (Å²) in [6, 6.07) is 0. The molecule has 0 aromatic heterocycles. The highest BCUT2D eigenvalue weighted by molar-refractivity contribution is 5.69. The summed E-state index contributed by atoms with van der Waals surface area (Å²) in [6.45, 7) is 7.13. The summed E-state index contributed by atoms with van der Waals surface area (Å²) in [4.78, 5) is 11.3. The van der Waals surface area contributed by atoms with Crippen molar-refractivity contribution in [3.8, 4) is 0 Å². The maximum Gasteiger partial charge on any atom is 0.305 e. The van der Waals surface area contributed by atoms with E-state index in [0.29, 0.717) is 72.5 Å². The first-order valence-electron chi connectivity index (χ1n) is 8.76. The van der Waals surface area contributed by atoms with Crippen LogP contribution in [0.15, 0.2) is 0 Å². The number of unbranched alkanes of at least 4 members (excludes halogenated alkanes) is 2. The van der Waals surface area contributed by atoms with Crippen LogP contribution >= 0.6 is 0 Å². The van der Waals surface area contributed by atoms with Crippen LogP contribution in [0.3, 0.4) is 0 Å². The van der Waals surface area contributed by atoms with Crippen LogP contribution in [0.2, 0.25) is 0 Å². The molecule has 7 nitrogen and oxygen atoms in total. The third-order valence-electron chi connectivity index (χ3n) is 3.02. The van der Waals surface area contributed by atoms with Gasteiger partial charge in [0.05, 0.1) is 59.5 Å². The third-order valence-corrected chi connectivity index (χ3v) is 3.02. The Hall–Kier alpha value is -0.730. The summed E-state index contributed by atoms with van der Waals surface area (Å²) >= 11 is 0. The molecule has 0 N–H and O–H groups in total. The van der Waals surface area contributed by atoms with Crippen molar-refractivity contribution in [2.24, 2.45) is 0 Å². The van der Waals surface area contributed by atoms with Crippen molar-refractivity contribution >= 4 is 5.97 Å². The average Bonchev–Trinajstić information content (AvgIpc) is 2.58. The smallest absolute Gasteiger partial charge is 0.305 e. The minimum absolute atomic E-state index is 0.147. The number of carbonyl (C=O) groups is 1. The van der Waals surface area contributed by atoms with Crippen LogP contribution in [-0.4, -0.2) is 79.1 Å². The summed E-state index contributed by atoms with van der Waals surface area (Å²) in [5.74, 6) is -0.147. The summed E-state index contributed by atoms with van der Waals surface area (Å²) in [6.07, 6.45) is 3.55. The molecule has 0 spiro atoms. The van der Waals surface area contributed by atoms with Gasteiger partial charge in [0.1, 0.15) is 6.61 Å². The molecular formula is C17H34O7. The minimum atomic E-state index is -0.147. The van der Waals surface area contributed by atoms with E-state index >= 15 is 0 Å². The van der Waals surface area contributed by atoms with Crippen LogP contribution in [0, 0.1) is 0 Å². The highest BCUT2D eigenvalue weighted by atomic mass is 16.6. The highest BCUT2D eigenvalue weighted by Gasteiger charge is 2.01. The second-order valence-electron chi connectivity index (χ2n) is 5.12. The van der Waals surface area contributed by atoms with E-state index in [9.17, 15) is 4.79 Å². The van der Waals surface area contributed by atoms with Crippen LogP contribution in [0.4, 0.5) is 0 Å². The van der Waals surface area contributed by atoms with Crippen molar-refractivity contribution in [3.63, 3.8) is 0 Å². The topological polar surface area (TPSA) is 72.5 Å². The molecule has 24 heavy (non-hydrogen) atoms. The lowest BCUT2D eigenvalue weighted by atomic mass is 10.2. The van der Waals surface area contributed by atoms with E-state index in [4.69, 9.17) is 28.4 Å². The normalized spacial score (nSPS) is 10.9. The highest BCUT2D eigenvalue weighted by Crippen LogP contribution is 2.00. The van der Waals surface area contributed by atoms with Gasteiger partial charge in [-0.1, -0.05) is 19.8 Å². The molecule has 0 saturated heterocycles. The molecule has 0 unspecified atom stereocenters. The fourth-order valence-electron chi connectivity index (χ4n) is 1.71. The van der Waals surface area contributed by atoms with E-state index in [0.717, 1.165) is 19.3 Å². The Bertz CT molecular complexity index is 261. The number of ether oxygens (including phenoxy) is 6. The zero-order valence-corrected chi connectivity index (χ0v) is 15.3. The van der Waals surface area contributed by atoms with Gasteiger partial charge in [-0.2, -0.15) is 0 Å². The number of carbonyl (C=O) groups excluding carboxylic acids is 1. The SMILES string of the molecule is CCCCCC(=O)OCCOCCOCCOCCOCCOC. The summed E-state index contributed by atoms with van der Waals surface area (Å²) in [5.41, 5.74) is 0. The molecule has 144 valence electrons. The van der Waals surface area contributed by atoms with Crippen molar-refractivity contribution in [1.29, 1.82) is 0 Å². The van der Waals surface area contributed by atoms with Gasteiger partial charge in [0.2, 0.25) is 0 Å². The van der Waals surface area contributed by atoms with Crippen molar-refractivity contribution in [3.05, 3.63) is 0 Å². The van der Waals surface area contributed by atoms with Crippen molar-refractivity contribution in [2.45, 2.75) is 32.6 Å². The summed E-state index contributed by atoms with van der Waals surface area (Å²) in [7, 11) is 1.64. The Morgan fingerprint density at radius 3 is 1.58 bits per heavy atom. The molecule has 0 amide bonds. The standard InChI is InChI=1S/C17H34O7/c1-3-4-5-6-17(18)24-16-15-23-14-13-22-12-11-21-10-9-20-8-7-19-2/h3-16H2,1-2H3. The lowest BCUT2D eigenvalue weighted by molar-refractivity contribution is -0.145. The molecule has 0 atom stereocenters. The molecule has 0 fully saturated rings. The molecule has 7 heteroatoms. The first-order chi connectivity index (χ1) is 11.8. The van der Waals surface area contributed by atoms with Gasteiger partial charge >= 0.3 is 5.97 Å². The molecule has 0 radical (unpaired) electrons. The lowest BCUT2D eigenvalue weighted by Gasteiger charge is -2.08. The Morgan fingerprint density at radius 2 is 1.12 bits per heavy atom. The molecule has 0 aromatic carbocycles. The second kappa shape index (κ2) is 20.3. The van der Waals surface area contributed by atoms with Gasteiger partial charge < -0.3 is 28.4 Å². The zero-order valence-electron chi connectivity index (χ0n) is 15.3. The predicted molar refractivity (Wildman–Crippen MR) is 90.3 cm³/mol. The van der Waals surface area contributed by atoms with Crippen LogP contribution in [0.25, 0.3) is 0 Å². The maximum atomic E-state index is 11.3. The lowest BCUT2D eigenvalue weighted by Crippen LogP contribution is -2.14. The quantitative estimate of drug-likeness (QED) is 0.260. The minimum Gasteiger partial charge on any atom is -0.463 e. The molecular weight excluding hydrogens is 316 g/mol. The Morgan fingerprint density at radius 1 is 0.667 bits per heavy atom. The van der Waals surface area contributed by atoms with Crippen molar-refractivity contribution in [1.82, 2.24) is 0 Å². The Balaban J connectivity index is 3.06. The molecule has 0 bridgehead atoms. The fraction of sp³-hybridized carbons (Fsp3) is 0.941. The molecule has 0 aromatic rings. The number of esters is 1. The summed E-state index contributed by atoms with van der Waals surface area (Å²) < 4.78 is 31.2. The molecule has 0 aliphatic carbocycles. The average molecular weight is 350 g/mol. The second-order valence-corrected chi connectivity index (χ2v) is 5.12. The van der Waals surface area contributed by atoms with Crippen LogP contribution in [0.1, 0.15) is 32.6 Å². The maximum absolute atomic E-state index is 11.3. The van der Waals surface area contributed by atoms with E-state index in [1.807, 2.05) is 0 Å². The van der Waals surface area contributed by atoms with E-state index in [2.05, 4.69) is 6.92 Å². The van der Waals surface area contributed by atoms with Gasteiger partial charge in [-0.3, -0.25) is 4.79 Å². The van der Waals surface area contributed by atoms with Gasteiger partial charge in [0.15, 0.2) is 0 Å². The third kappa shape index (κ3) is 19.3. The largest absolute Gasteiger partial charge is 0.463 e. The van der Waals surface area contributed by atoms with Gasteiger partial charge in [0, 0.05) is 13.5 Å². The zero-order chi connectivity index (χ0) is 17.7. The van der Waals surface area contributed by atoms with Gasteiger partial charge in [-0.25, -0.2) is 0 Å². The van der Waals surface area contributed by atoms with Crippen molar-refractivity contribution in [2.75, 3.05) is 73.2 Å². The Labute approximate surface area is 145 Å². The molecule has 0 rings (SSSR count).